The molecule has 0 saturated heterocycles. The van der Waals surface area contributed by atoms with Crippen LogP contribution in [0.1, 0.15) is 38.7 Å². The van der Waals surface area contributed by atoms with E-state index in [-0.39, 0.29) is 5.75 Å². The molecule has 1 rings (SSSR count). The van der Waals surface area contributed by atoms with Gasteiger partial charge in [-0.3, -0.25) is 0 Å². The Hall–Kier alpha value is -0.790. The maximum Gasteiger partial charge on any atom is 0.226 e. The third-order valence-electron chi connectivity index (χ3n) is 2.56. The van der Waals surface area contributed by atoms with Crippen LogP contribution in [0.5, 0.6) is 11.5 Å². The van der Waals surface area contributed by atoms with Crippen LogP contribution in [0, 0.1) is 0 Å². The Morgan fingerprint density at radius 2 is 1.94 bits per heavy atom. The number of phenolic OH excluding ortho intramolecular Hbond substituents is 1. The van der Waals surface area contributed by atoms with Gasteiger partial charge >= 0.3 is 0 Å². The Morgan fingerprint density at radius 3 is 2.61 bits per heavy atom. The number of rotatable bonds is 8. The van der Waals surface area contributed by atoms with Crippen molar-refractivity contribution >= 4 is 8.38 Å². The van der Waals surface area contributed by atoms with Gasteiger partial charge in [0.15, 0.2) is 0 Å². The van der Waals surface area contributed by atoms with Crippen molar-refractivity contribution in [1.82, 2.24) is 0 Å². The molecule has 18 heavy (non-hydrogen) atoms. The predicted octanol–water partition coefficient (Wildman–Crippen LogP) is 4.48. The molecule has 1 aromatic rings. The lowest BCUT2D eigenvalue weighted by atomic mass is 10.1. The number of aromatic hydroxyl groups is 1. The SMILES string of the molecule is CCCCCc1cc(O)cc(OP(C)OCC)c1. The highest BCUT2D eigenvalue weighted by molar-refractivity contribution is 7.46. The fraction of sp³-hybridized carbons (Fsp3) is 0.571. The van der Waals surface area contributed by atoms with Crippen LogP contribution in [0.4, 0.5) is 0 Å². The Balaban J connectivity index is 2.62. The number of unbranched alkanes of at least 4 members (excludes halogenated alkanes) is 2. The zero-order valence-electron chi connectivity index (χ0n) is 11.5. The third-order valence-corrected chi connectivity index (χ3v) is 3.65. The van der Waals surface area contributed by atoms with Gasteiger partial charge in [0, 0.05) is 12.7 Å². The van der Waals surface area contributed by atoms with E-state index in [1.54, 1.807) is 12.1 Å². The quantitative estimate of drug-likeness (QED) is 0.559. The Kier molecular flexibility index (Phi) is 7.07. The van der Waals surface area contributed by atoms with E-state index in [0.717, 1.165) is 18.4 Å². The van der Waals surface area contributed by atoms with Gasteiger partial charge in [-0.2, -0.15) is 0 Å². The second-order valence-corrected chi connectivity index (χ2v) is 5.56. The minimum atomic E-state index is -0.909. The Morgan fingerprint density at radius 1 is 1.17 bits per heavy atom. The normalized spacial score (nSPS) is 12.4. The van der Waals surface area contributed by atoms with Crippen LogP contribution < -0.4 is 4.52 Å². The van der Waals surface area contributed by atoms with Crippen molar-refractivity contribution in [2.75, 3.05) is 13.3 Å². The van der Waals surface area contributed by atoms with E-state index >= 15 is 0 Å². The second-order valence-electron chi connectivity index (χ2n) is 4.24. The van der Waals surface area contributed by atoms with Crippen LogP contribution in [-0.4, -0.2) is 18.4 Å². The van der Waals surface area contributed by atoms with Crippen LogP contribution >= 0.6 is 8.38 Å². The molecule has 0 aliphatic heterocycles. The van der Waals surface area contributed by atoms with E-state index in [9.17, 15) is 5.11 Å². The summed E-state index contributed by atoms with van der Waals surface area (Å²) in [6, 6.07) is 5.44. The molecular weight excluding hydrogens is 247 g/mol. The summed E-state index contributed by atoms with van der Waals surface area (Å²) in [6.07, 6.45) is 4.54. The van der Waals surface area contributed by atoms with Crippen molar-refractivity contribution in [2.24, 2.45) is 0 Å². The van der Waals surface area contributed by atoms with Gasteiger partial charge in [-0.1, -0.05) is 19.8 Å². The third kappa shape index (κ3) is 5.70. The first kappa shape index (κ1) is 15.3. The van der Waals surface area contributed by atoms with Crippen molar-refractivity contribution in [3.63, 3.8) is 0 Å². The summed E-state index contributed by atoms with van der Waals surface area (Å²) in [7, 11) is -0.909. The zero-order chi connectivity index (χ0) is 13.4. The van der Waals surface area contributed by atoms with Crippen LogP contribution in [0.15, 0.2) is 18.2 Å². The minimum Gasteiger partial charge on any atom is -0.508 e. The fourth-order valence-corrected chi connectivity index (χ4v) is 2.59. The lowest BCUT2D eigenvalue weighted by Gasteiger charge is -2.14. The molecule has 1 N–H and O–H groups in total. The van der Waals surface area contributed by atoms with Gasteiger partial charge in [-0.25, -0.2) is 0 Å². The van der Waals surface area contributed by atoms with Crippen molar-refractivity contribution in [2.45, 2.75) is 39.5 Å². The Bertz CT molecular complexity index is 355. The molecule has 0 aliphatic rings. The zero-order valence-corrected chi connectivity index (χ0v) is 12.4. The van der Waals surface area contributed by atoms with Crippen LogP contribution in [0.25, 0.3) is 0 Å². The summed E-state index contributed by atoms with van der Waals surface area (Å²) < 4.78 is 11.1. The average Bonchev–Trinajstić information content (AvgIpc) is 2.28. The minimum absolute atomic E-state index is 0.263. The number of benzene rings is 1. The smallest absolute Gasteiger partial charge is 0.226 e. The summed E-state index contributed by atoms with van der Waals surface area (Å²) in [6.45, 7) is 6.69. The highest BCUT2D eigenvalue weighted by atomic mass is 31.2. The van der Waals surface area contributed by atoms with Crippen molar-refractivity contribution in [3.05, 3.63) is 23.8 Å². The van der Waals surface area contributed by atoms with Gasteiger partial charge in [-0.05, 0) is 37.5 Å². The molecule has 0 radical (unpaired) electrons. The number of phenols is 1. The van der Waals surface area contributed by atoms with E-state index in [2.05, 4.69) is 6.92 Å². The molecule has 0 aromatic heterocycles. The summed E-state index contributed by atoms with van der Waals surface area (Å²) in [5.74, 6) is 0.961. The molecule has 1 aromatic carbocycles. The first-order valence-electron chi connectivity index (χ1n) is 6.53. The van der Waals surface area contributed by atoms with E-state index in [0.29, 0.717) is 12.4 Å². The summed E-state index contributed by atoms with van der Waals surface area (Å²) in [5, 5.41) is 9.68. The van der Waals surface area contributed by atoms with Gasteiger partial charge < -0.3 is 14.2 Å². The van der Waals surface area contributed by atoms with E-state index < -0.39 is 8.38 Å². The van der Waals surface area contributed by atoms with Crippen molar-refractivity contribution < 1.29 is 14.2 Å². The van der Waals surface area contributed by atoms with Gasteiger partial charge in [0.25, 0.3) is 0 Å². The van der Waals surface area contributed by atoms with E-state index in [1.807, 2.05) is 19.7 Å². The van der Waals surface area contributed by atoms with Crippen LogP contribution in [-0.2, 0) is 10.9 Å². The number of hydrogen-bond donors (Lipinski definition) is 1. The molecular formula is C14H23O3P. The van der Waals surface area contributed by atoms with Gasteiger partial charge in [-0.15, -0.1) is 0 Å². The molecule has 0 saturated carbocycles. The number of hydrogen-bond acceptors (Lipinski definition) is 3. The lowest BCUT2D eigenvalue weighted by Crippen LogP contribution is -1.93. The van der Waals surface area contributed by atoms with Crippen molar-refractivity contribution in [3.8, 4) is 11.5 Å². The molecule has 0 bridgehead atoms. The highest BCUT2D eigenvalue weighted by Gasteiger charge is 2.07. The lowest BCUT2D eigenvalue weighted by molar-refractivity contribution is 0.337. The summed E-state index contributed by atoms with van der Waals surface area (Å²) in [4.78, 5) is 0. The average molecular weight is 270 g/mol. The molecule has 0 spiro atoms. The molecule has 3 nitrogen and oxygen atoms in total. The maximum atomic E-state index is 9.68. The largest absolute Gasteiger partial charge is 0.508 e. The standard InChI is InChI=1S/C14H23O3P/c1-4-6-7-8-12-9-13(15)11-14(10-12)17-18(3)16-5-2/h9-11,15H,4-8H2,1-3H3. The molecule has 0 heterocycles. The van der Waals surface area contributed by atoms with Gasteiger partial charge in [0.2, 0.25) is 8.38 Å². The van der Waals surface area contributed by atoms with Gasteiger partial charge in [0.1, 0.15) is 11.5 Å². The maximum absolute atomic E-state index is 9.68. The highest BCUT2D eigenvalue weighted by Crippen LogP contribution is 2.37. The summed E-state index contributed by atoms with van der Waals surface area (Å²) >= 11 is 0. The van der Waals surface area contributed by atoms with Crippen LogP contribution in [0.2, 0.25) is 0 Å². The second kappa shape index (κ2) is 8.34. The molecule has 0 amide bonds. The van der Waals surface area contributed by atoms with Gasteiger partial charge in [0.05, 0.1) is 6.61 Å². The number of aryl methyl sites for hydroxylation is 1. The van der Waals surface area contributed by atoms with Crippen LogP contribution in [0.3, 0.4) is 0 Å². The predicted molar refractivity (Wildman–Crippen MR) is 76.4 cm³/mol. The molecule has 4 heteroatoms. The Labute approximate surface area is 111 Å². The molecule has 102 valence electrons. The summed E-state index contributed by atoms with van der Waals surface area (Å²) in [5.41, 5.74) is 1.12. The first-order valence-corrected chi connectivity index (χ1v) is 8.15. The molecule has 0 aliphatic carbocycles. The molecule has 1 unspecified atom stereocenters. The monoisotopic (exact) mass is 270 g/mol. The van der Waals surface area contributed by atoms with E-state index in [4.69, 9.17) is 9.05 Å². The van der Waals surface area contributed by atoms with E-state index in [1.165, 1.54) is 12.8 Å². The molecule has 1 atom stereocenters. The molecule has 0 fully saturated rings. The van der Waals surface area contributed by atoms with Crippen molar-refractivity contribution in [1.29, 1.82) is 0 Å². The first-order chi connectivity index (χ1) is 8.65. The fourth-order valence-electron chi connectivity index (χ4n) is 1.78. The topological polar surface area (TPSA) is 38.7 Å².